The minimum atomic E-state index is -0.0169. The van der Waals surface area contributed by atoms with Gasteiger partial charge in [-0.1, -0.05) is 55.8 Å². The van der Waals surface area contributed by atoms with Crippen LogP contribution in [0, 0.1) is 0 Å². The summed E-state index contributed by atoms with van der Waals surface area (Å²) in [6.07, 6.45) is 4.05. The van der Waals surface area contributed by atoms with Gasteiger partial charge < -0.3 is 14.4 Å². The number of ether oxygens (including phenoxy) is 1. The number of methoxy groups -OCH3 is 1. The highest BCUT2D eigenvalue weighted by Gasteiger charge is 2.21. The third-order valence-corrected chi connectivity index (χ3v) is 5.14. The lowest BCUT2D eigenvalue weighted by Gasteiger charge is -2.13. The van der Waals surface area contributed by atoms with E-state index in [9.17, 15) is 5.11 Å². The van der Waals surface area contributed by atoms with E-state index in [1.165, 1.54) is 0 Å². The van der Waals surface area contributed by atoms with Crippen molar-refractivity contribution in [2.45, 2.75) is 32.9 Å². The number of para-hydroxylation sites is 1. The SMILES string of the molecule is CCCCn1c(-c2ccccc2)c(CO)c2cnc3c(OC)cccc3c21. The number of aliphatic hydroxyl groups excluding tert-OH is 1. The van der Waals surface area contributed by atoms with Gasteiger partial charge in [0.1, 0.15) is 11.3 Å². The zero-order valence-electron chi connectivity index (χ0n) is 15.8. The zero-order valence-corrected chi connectivity index (χ0v) is 15.8. The van der Waals surface area contributed by atoms with Crippen molar-refractivity contribution < 1.29 is 9.84 Å². The van der Waals surface area contributed by atoms with Crippen LogP contribution in [0.4, 0.5) is 0 Å². The Hall–Kier alpha value is -2.85. The molecule has 0 fully saturated rings. The second kappa shape index (κ2) is 7.41. The molecule has 0 saturated heterocycles. The van der Waals surface area contributed by atoms with Crippen LogP contribution in [-0.4, -0.2) is 21.8 Å². The predicted octanol–water partition coefficient (Wildman–Crippen LogP) is 5.16. The van der Waals surface area contributed by atoms with E-state index in [2.05, 4.69) is 34.7 Å². The summed E-state index contributed by atoms with van der Waals surface area (Å²) in [5, 5.41) is 12.3. The van der Waals surface area contributed by atoms with Gasteiger partial charge in [0.25, 0.3) is 0 Å². The third kappa shape index (κ3) is 2.86. The number of pyridine rings is 1. The number of hydrogen-bond acceptors (Lipinski definition) is 3. The van der Waals surface area contributed by atoms with Gasteiger partial charge in [0, 0.05) is 29.1 Å². The Kier molecular flexibility index (Phi) is 4.82. The van der Waals surface area contributed by atoms with E-state index >= 15 is 0 Å². The summed E-state index contributed by atoms with van der Waals surface area (Å²) >= 11 is 0. The van der Waals surface area contributed by atoms with Crippen molar-refractivity contribution in [3.8, 4) is 17.0 Å². The third-order valence-electron chi connectivity index (χ3n) is 5.14. The maximum atomic E-state index is 10.2. The molecule has 0 atom stereocenters. The highest BCUT2D eigenvalue weighted by Crippen LogP contribution is 2.38. The van der Waals surface area contributed by atoms with Gasteiger partial charge in [0.2, 0.25) is 0 Å². The number of unbranched alkanes of at least 4 members (excludes halogenated alkanes) is 1. The second-order valence-electron chi connectivity index (χ2n) is 6.73. The van der Waals surface area contributed by atoms with Crippen molar-refractivity contribution in [1.82, 2.24) is 9.55 Å². The predicted molar refractivity (Wildman–Crippen MR) is 110 cm³/mol. The molecule has 0 aliphatic carbocycles. The van der Waals surface area contributed by atoms with Crippen molar-refractivity contribution in [2.24, 2.45) is 0 Å². The molecular formula is C23H24N2O2. The smallest absolute Gasteiger partial charge is 0.145 e. The van der Waals surface area contributed by atoms with Crippen molar-refractivity contribution >= 4 is 21.8 Å². The van der Waals surface area contributed by atoms with Crippen LogP contribution in [0.1, 0.15) is 25.3 Å². The molecule has 2 heterocycles. The van der Waals surface area contributed by atoms with Gasteiger partial charge in [-0.15, -0.1) is 0 Å². The molecule has 4 nitrogen and oxygen atoms in total. The van der Waals surface area contributed by atoms with E-state index in [4.69, 9.17) is 4.74 Å². The summed E-state index contributed by atoms with van der Waals surface area (Å²) in [6, 6.07) is 16.3. The monoisotopic (exact) mass is 360 g/mol. The maximum absolute atomic E-state index is 10.2. The Morgan fingerprint density at radius 2 is 1.85 bits per heavy atom. The number of aliphatic hydroxyl groups is 1. The van der Waals surface area contributed by atoms with Gasteiger partial charge in [-0.05, 0) is 18.1 Å². The molecule has 2 aromatic carbocycles. The van der Waals surface area contributed by atoms with E-state index in [-0.39, 0.29) is 6.61 Å². The number of aromatic nitrogens is 2. The number of hydrogen-bond donors (Lipinski definition) is 1. The molecule has 4 heteroatoms. The highest BCUT2D eigenvalue weighted by molar-refractivity contribution is 6.09. The molecule has 4 rings (SSSR count). The molecule has 0 amide bonds. The fourth-order valence-corrected chi connectivity index (χ4v) is 3.89. The average molecular weight is 360 g/mol. The fourth-order valence-electron chi connectivity index (χ4n) is 3.89. The van der Waals surface area contributed by atoms with Crippen LogP contribution in [0.5, 0.6) is 5.75 Å². The Balaban J connectivity index is 2.14. The number of benzene rings is 2. The molecular weight excluding hydrogens is 336 g/mol. The first-order chi connectivity index (χ1) is 13.3. The molecule has 0 saturated carbocycles. The number of nitrogens with zero attached hydrogens (tertiary/aromatic N) is 2. The standard InChI is InChI=1S/C23H24N2O2/c1-3-4-13-25-22(16-9-6-5-7-10-16)19(15-26)18-14-24-21-17(23(18)25)11-8-12-20(21)27-2/h5-12,14,26H,3-4,13,15H2,1-2H3. The quantitative estimate of drug-likeness (QED) is 0.517. The summed E-state index contributed by atoms with van der Waals surface area (Å²) in [4.78, 5) is 4.67. The molecule has 0 bridgehead atoms. The normalized spacial score (nSPS) is 11.4. The van der Waals surface area contributed by atoms with Crippen molar-refractivity contribution in [3.63, 3.8) is 0 Å². The first kappa shape index (κ1) is 17.6. The Morgan fingerprint density at radius 1 is 1.04 bits per heavy atom. The molecule has 0 unspecified atom stereocenters. The average Bonchev–Trinajstić information content (AvgIpc) is 3.06. The molecule has 0 radical (unpaired) electrons. The lowest BCUT2D eigenvalue weighted by atomic mass is 10.1. The van der Waals surface area contributed by atoms with Gasteiger partial charge in [-0.25, -0.2) is 0 Å². The Labute approximate surface area is 159 Å². The first-order valence-electron chi connectivity index (χ1n) is 9.43. The second-order valence-corrected chi connectivity index (χ2v) is 6.73. The molecule has 0 spiro atoms. The van der Waals surface area contributed by atoms with Gasteiger partial charge in [-0.3, -0.25) is 4.98 Å². The van der Waals surface area contributed by atoms with E-state index in [1.54, 1.807) is 7.11 Å². The Morgan fingerprint density at radius 3 is 2.56 bits per heavy atom. The lowest BCUT2D eigenvalue weighted by Crippen LogP contribution is -2.02. The summed E-state index contributed by atoms with van der Waals surface area (Å²) in [6.45, 7) is 3.08. The van der Waals surface area contributed by atoms with Gasteiger partial charge in [0.05, 0.1) is 24.9 Å². The minimum absolute atomic E-state index is 0.0169. The summed E-state index contributed by atoms with van der Waals surface area (Å²) in [7, 11) is 1.67. The molecule has 0 aliphatic rings. The topological polar surface area (TPSA) is 47.3 Å². The van der Waals surface area contributed by atoms with Crippen LogP contribution in [0.25, 0.3) is 33.1 Å². The number of rotatable bonds is 6. The lowest BCUT2D eigenvalue weighted by molar-refractivity contribution is 0.283. The highest BCUT2D eigenvalue weighted by atomic mass is 16.5. The molecule has 2 aromatic heterocycles. The van der Waals surface area contributed by atoms with Crippen molar-refractivity contribution in [1.29, 1.82) is 0 Å². The molecule has 138 valence electrons. The fraction of sp³-hybridized carbons (Fsp3) is 0.261. The van der Waals surface area contributed by atoms with Gasteiger partial charge in [-0.2, -0.15) is 0 Å². The summed E-state index contributed by atoms with van der Waals surface area (Å²) < 4.78 is 7.87. The summed E-state index contributed by atoms with van der Waals surface area (Å²) in [5.41, 5.74) is 5.11. The largest absolute Gasteiger partial charge is 0.494 e. The minimum Gasteiger partial charge on any atom is -0.494 e. The zero-order chi connectivity index (χ0) is 18.8. The molecule has 4 aromatic rings. The number of aryl methyl sites for hydroxylation is 1. The summed E-state index contributed by atoms with van der Waals surface area (Å²) in [5.74, 6) is 0.768. The van der Waals surface area contributed by atoms with E-state index < -0.39 is 0 Å². The molecule has 27 heavy (non-hydrogen) atoms. The van der Waals surface area contributed by atoms with Crippen LogP contribution in [-0.2, 0) is 13.2 Å². The van der Waals surface area contributed by atoms with E-state index in [0.29, 0.717) is 0 Å². The van der Waals surface area contributed by atoms with Crippen LogP contribution < -0.4 is 4.74 Å². The van der Waals surface area contributed by atoms with Crippen molar-refractivity contribution in [3.05, 3.63) is 60.3 Å². The van der Waals surface area contributed by atoms with Crippen LogP contribution >= 0.6 is 0 Å². The van der Waals surface area contributed by atoms with E-state index in [1.807, 2.05) is 36.5 Å². The first-order valence-corrected chi connectivity index (χ1v) is 9.43. The number of fused-ring (bicyclic) bond motifs is 3. The maximum Gasteiger partial charge on any atom is 0.145 e. The van der Waals surface area contributed by atoms with E-state index in [0.717, 1.165) is 63.8 Å². The van der Waals surface area contributed by atoms with Gasteiger partial charge in [0.15, 0.2) is 0 Å². The van der Waals surface area contributed by atoms with Crippen molar-refractivity contribution in [2.75, 3.05) is 7.11 Å². The molecule has 0 aliphatic heterocycles. The van der Waals surface area contributed by atoms with Gasteiger partial charge >= 0.3 is 0 Å². The molecule has 1 N–H and O–H groups in total. The van der Waals surface area contributed by atoms with Crippen LogP contribution in [0.3, 0.4) is 0 Å². The Bertz CT molecular complexity index is 1080. The van der Waals surface area contributed by atoms with Crippen LogP contribution in [0.15, 0.2) is 54.7 Å². The van der Waals surface area contributed by atoms with Crippen LogP contribution in [0.2, 0.25) is 0 Å².